The maximum atomic E-state index is 13.1. The number of benzene rings is 2. The van der Waals surface area contributed by atoms with Crippen LogP contribution in [-0.4, -0.2) is 38.7 Å². The first kappa shape index (κ1) is 20.3. The Morgan fingerprint density at radius 3 is 2.37 bits per heavy atom. The molecule has 0 unspecified atom stereocenters. The maximum Gasteiger partial charge on any atom is 0.343 e. The smallest absolute Gasteiger partial charge is 0.342 e. The van der Waals surface area contributed by atoms with Gasteiger partial charge in [0.25, 0.3) is 0 Å². The van der Waals surface area contributed by atoms with Crippen molar-refractivity contribution in [3.8, 4) is 0 Å². The third-order valence-electron chi connectivity index (χ3n) is 5.52. The molecule has 0 atom stereocenters. The van der Waals surface area contributed by atoms with Crippen LogP contribution in [0.1, 0.15) is 35.7 Å². The van der Waals surface area contributed by atoms with Crippen molar-refractivity contribution in [1.82, 2.24) is 19.7 Å². The zero-order valence-electron chi connectivity index (χ0n) is 16.4. The molecule has 156 valence electrons. The van der Waals surface area contributed by atoms with Gasteiger partial charge in [0.1, 0.15) is 11.6 Å². The highest BCUT2D eigenvalue weighted by molar-refractivity contribution is 6.30. The number of aromatic amines is 1. The van der Waals surface area contributed by atoms with E-state index in [0.717, 1.165) is 24.0 Å². The van der Waals surface area contributed by atoms with Gasteiger partial charge in [-0.3, -0.25) is 9.36 Å². The molecule has 30 heavy (non-hydrogen) atoms. The number of amides is 1. The number of hydrogen-bond donors (Lipinski definition) is 1. The molecule has 0 aliphatic carbocycles. The highest BCUT2D eigenvalue weighted by atomic mass is 35.5. The lowest BCUT2D eigenvalue weighted by Gasteiger charge is -2.31. The zero-order chi connectivity index (χ0) is 21.1. The minimum atomic E-state index is -0.311. The Morgan fingerprint density at radius 2 is 1.70 bits per heavy atom. The first-order valence-electron chi connectivity index (χ1n) is 9.91. The monoisotopic (exact) mass is 428 g/mol. The fraction of sp³-hybridized carbons (Fsp3) is 0.318. The topological polar surface area (TPSA) is 71.0 Å². The third-order valence-corrected chi connectivity index (χ3v) is 5.78. The summed E-state index contributed by atoms with van der Waals surface area (Å²) in [7, 11) is 0. The SMILES string of the molecule is O=C(Cc1ccc(Cl)cc1)N1CCC(c2n[nH]c(=O)n2Cc2ccc(F)cc2)CC1. The van der Waals surface area contributed by atoms with Gasteiger partial charge in [-0.05, 0) is 48.2 Å². The summed E-state index contributed by atoms with van der Waals surface area (Å²) < 4.78 is 14.7. The first-order valence-corrected chi connectivity index (χ1v) is 10.3. The van der Waals surface area contributed by atoms with Gasteiger partial charge in [-0.25, -0.2) is 14.3 Å². The van der Waals surface area contributed by atoms with E-state index in [1.165, 1.54) is 12.1 Å². The second-order valence-electron chi connectivity index (χ2n) is 7.56. The van der Waals surface area contributed by atoms with Gasteiger partial charge < -0.3 is 4.90 Å². The molecule has 8 heteroatoms. The second-order valence-corrected chi connectivity index (χ2v) is 7.99. The van der Waals surface area contributed by atoms with Crippen LogP contribution in [0.4, 0.5) is 4.39 Å². The summed E-state index contributed by atoms with van der Waals surface area (Å²) in [6, 6.07) is 13.4. The Balaban J connectivity index is 1.39. The van der Waals surface area contributed by atoms with Gasteiger partial charge in [0.15, 0.2) is 0 Å². The van der Waals surface area contributed by atoms with Crippen molar-refractivity contribution in [3.63, 3.8) is 0 Å². The van der Waals surface area contributed by atoms with Crippen LogP contribution in [0, 0.1) is 5.82 Å². The quantitative estimate of drug-likeness (QED) is 0.677. The van der Waals surface area contributed by atoms with Crippen LogP contribution in [0.5, 0.6) is 0 Å². The summed E-state index contributed by atoms with van der Waals surface area (Å²) >= 11 is 5.90. The van der Waals surface area contributed by atoms with Crippen molar-refractivity contribution in [2.45, 2.75) is 31.7 Å². The number of H-pyrrole nitrogens is 1. The summed E-state index contributed by atoms with van der Waals surface area (Å²) in [5.74, 6) is 0.550. The Kier molecular flexibility index (Phi) is 5.99. The number of carbonyl (C=O) groups excluding carboxylic acids is 1. The first-order chi connectivity index (χ1) is 14.5. The minimum absolute atomic E-state index is 0.0847. The minimum Gasteiger partial charge on any atom is -0.342 e. The molecule has 0 bridgehead atoms. The normalized spacial score (nSPS) is 14.8. The fourth-order valence-electron chi connectivity index (χ4n) is 3.84. The van der Waals surface area contributed by atoms with E-state index in [1.807, 2.05) is 17.0 Å². The molecule has 0 spiro atoms. The van der Waals surface area contributed by atoms with Gasteiger partial charge in [0.05, 0.1) is 13.0 Å². The highest BCUT2D eigenvalue weighted by Gasteiger charge is 2.27. The predicted octanol–water partition coefficient (Wildman–Crippen LogP) is 3.36. The predicted molar refractivity (Wildman–Crippen MR) is 112 cm³/mol. The Morgan fingerprint density at radius 1 is 1.07 bits per heavy atom. The third kappa shape index (κ3) is 4.62. The summed E-state index contributed by atoms with van der Waals surface area (Å²) in [5.41, 5.74) is 1.49. The van der Waals surface area contributed by atoms with Crippen molar-refractivity contribution in [3.05, 3.63) is 86.8 Å². The van der Waals surface area contributed by atoms with Gasteiger partial charge in [-0.15, -0.1) is 0 Å². The van der Waals surface area contributed by atoms with E-state index < -0.39 is 0 Å². The Labute approximate surface area is 178 Å². The summed E-state index contributed by atoms with van der Waals surface area (Å²) in [6.45, 7) is 1.57. The molecule has 1 N–H and O–H groups in total. The van der Waals surface area contributed by atoms with Crippen LogP contribution in [0.15, 0.2) is 53.3 Å². The number of carbonyl (C=O) groups is 1. The van der Waals surface area contributed by atoms with Gasteiger partial charge in [-0.1, -0.05) is 35.9 Å². The lowest BCUT2D eigenvalue weighted by atomic mass is 9.95. The lowest BCUT2D eigenvalue weighted by molar-refractivity contribution is -0.131. The molecule has 2 aromatic carbocycles. The van der Waals surface area contributed by atoms with E-state index in [9.17, 15) is 14.0 Å². The van der Waals surface area contributed by atoms with Crippen LogP contribution >= 0.6 is 11.6 Å². The number of aromatic nitrogens is 3. The number of nitrogens with zero attached hydrogens (tertiary/aromatic N) is 3. The molecule has 1 fully saturated rings. The van der Waals surface area contributed by atoms with Crippen molar-refractivity contribution < 1.29 is 9.18 Å². The molecule has 1 aliphatic rings. The Bertz CT molecular complexity index is 1070. The maximum absolute atomic E-state index is 13.1. The van der Waals surface area contributed by atoms with Crippen molar-refractivity contribution >= 4 is 17.5 Å². The molecule has 0 saturated carbocycles. The zero-order valence-corrected chi connectivity index (χ0v) is 17.1. The average Bonchev–Trinajstić information content (AvgIpc) is 3.11. The molecule has 1 aromatic heterocycles. The molecule has 1 saturated heterocycles. The van der Waals surface area contributed by atoms with E-state index in [-0.39, 0.29) is 23.3 Å². The molecule has 1 amide bonds. The number of hydrogen-bond acceptors (Lipinski definition) is 3. The lowest BCUT2D eigenvalue weighted by Crippen LogP contribution is -2.39. The van der Waals surface area contributed by atoms with Crippen LogP contribution in [0.3, 0.4) is 0 Å². The number of halogens is 2. The highest BCUT2D eigenvalue weighted by Crippen LogP contribution is 2.27. The summed E-state index contributed by atoms with van der Waals surface area (Å²) in [4.78, 5) is 26.7. The fourth-order valence-corrected chi connectivity index (χ4v) is 3.97. The second kappa shape index (κ2) is 8.83. The van der Waals surface area contributed by atoms with Crippen LogP contribution < -0.4 is 5.69 Å². The van der Waals surface area contributed by atoms with Crippen LogP contribution in [0.2, 0.25) is 5.02 Å². The van der Waals surface area contributed by atoms with Crippen LogP contribution in [-0.2, 0) is 17.8 Å². The molecule has 1 aliphatic heterocycles. The standard InChI is InChI=1S/C22H22ClFN4O2/c23-18-5-1-15(2-6-18)13-20(29)27-11-9-17(10-12-27)21-25-26-22(30)28(21)14-16-3-7-19(24)8-4-16/h1-8,17H,9-14H2,(H,26,30). The van der Waals surface area contributed by atoms with Crippen molar-refractivity contribution in [2.75, 3.05) is 13.1 Å². The van der Waals surface area contributed by atoms with E-state index in [1.54, 1.807) is 28.8 Å². The summed E-state index contributed by atoms with van der Waals surface area (Å²) in [5, 5.41) is 7.41. The number of nitrogens with one attached hydrogen (secondary N) is 1. The van der Waals surface area contributed by atoms with Crippen molar-refractivity contribution in [1.29, 1.82) is 0 Å². The molecule has 3 aromatic rings. The molecule has 4 rings (SSSR count). The molecule has 0 radical (unpaired) electrons. The molecular weight excluding hydrogens is 407 g/mol. The van der Waals surface area contributed by atoms with E-state index in [0.29, 0.717) is 36.9 Å². The van der Waals surface area contributed by atoms with Gasteiger partial charge >= 0.3 is 5.69 Å². The van der Waals surface area contributed by atoms with Gasteiger partial charge in [-0.2, -0.15) is 5.10 Å². The number of likely N-dealkylation sites (tertiary alicyclic amines) is 1. The van der Waals surface area contributed by atoms with Gasteiger partial charge in [0.2, 0.25) is 5.91 Å². The molecular formula is C22H22ClFN4O2. The molecule has 6 nitrogen and oxygen atoms in total. The Hall–Kier alpha value is -2.93. The van der Waals surface area contributed by atoms with E-state index >= 15 is 0 Å². The van der Waals surface area contributed by atoms with Crippen LogP contribution in [0.25, 0.3) is 0 Å². The number of rotatable bonds is 5. The largest absolute Gasteiger partial charge is 0.343 e. The van der Waals surface area contributed by atoms with E-state index in [2.05, 4.69) is 10.2 Å². The van der Waals surface area contributed by atoms with Crippen molar-refractivity contribution in [2.24, 2.45) is 0 Å². The van der Waals surface area contributed by atoms with E-state index in [4.69, 9.17) is 11.6 Å². The average molecular weight is 429 g/mol. The van der Waals surface area contributed by atoms with Gasteiger partial charge in [0, 0.05) is 24.0 Å². The summed E-state index contributed by atoms with van der Waals surface area (Å²) in [6.07, 6.45) is 1.82. The number of piperidine rings is 1. The molecule has 2 heterocycles.